The minimum atomic E-state index is -0.170. The fourth-order valence-electron chi connectivity index (χ4n) is 5.27. The summed E-state index contributed by atoms with van der Waals surface area (Å²) in [6.45, 7) is 0. The van der Waals surface area contributed by atoms with E-state index < -0.39 is 0 Å². The first-order chi connectivity index (χ1) is 14.2. The van der Waals surface area contributed by atoms with Crippen molar-refractivity contribution in [3.8, 4) is 23.1 Å². The SMILES string of the molecule is O=c1n(C2CCCCC2)c(O)c(-c2oc3ccccc3c2O)n1C1CCCCC1. The standard InChI is InChI=1S/C23H28N2O4/c26-20-17-13-7-8-14-18(17)29-21(20)19-22(27)25(16-11-5-2-6-12-16)23(28)24(19)15-9-3-1-4-10-15/h7-8,13-16,26-27H,1-6,9-12H2. The first kappa shape index (κ1) is 18.4. The molecule has 0 radical (unpaired) electrons. The zero-order valence-corrected chi connectivity index (χ0v) is 16.6. The number of rotatable bonds is 3. The Kier molecular flexibility index (Phi) is 4.64. The van der Waals surface area contributed by atoms with E-state index in [4.69, 9.17) is 4.42 Å². The molecule has 6 heteroatoms. The van der Waals surface area contributed by atoms with E-state index in [-0.39, 0.29) is 35.2 Å². The van der Waals surface area contributed by atoms with Crippen LogP contribution in [-0.4, -0.2) is 19.3 Å². The van der Waals surface area contributed by atoms with Gasteiger partial charge in [0.25, 0.3) is 0 Å². The van der Waals surface area contributed by atoms with Crippen molar-refractivity contribution in [3.63, 3.8) is 0 Å². The summed E-state index contributed by atoms with van der Waals surface area (Å²) < 4.78 is 9.24. The van der Waals surface area contributed by atoms with Crippen molar-refractivity contribution in [2.45, 2.75) is 76.3 Å². The van der Waals surface area contributed by atoms with Crippen LogP contribution < -0.4 is 5.69 Å². The Morgan fingerprint density at radius 3 is 2.03 bits per heavy atom. The number of benzene rings is 1. The van der Waals surface area contributed by atoms with Gasteiger partial charge in [0.15, 0.2) is 17.2 Å². The third kappa shape index (κ3) is 2.96. The molecule has 2 saturated carbocycles. The summed E-state index contributed by atoms with van der Waals surface area (Å²) in [7, 11) is 0. The van der Waals surface area contributed by atoms with Gasteiger partial charge in [0.2, 0.25) is 5.88 Å². The Morgan fingerprint density at radius 2 is 1.41 bits per heavy atom. The van der Waals surface area contributed by atoms with Crippen molar-refractivity contribution in [1.29, 1.82) is 0 Å². The van der Waals surface area contributed by atoms with Gasteiger partial charge < -0.3 is 14.6 Å². The highest BCUT2D eigenvalue weighted by atomic mass is 16.4. The van der Waals surface area contributed by atoms with E-state index in [1.54, 1.807) is 21.3 Å². The lowest BCUT2D eigenvalue weighted by Gasteiger charge is -2.24. The molecular formula is C23H28N2O4. The molecular weight excluding hydrogens is 368 g/mol. The average molecular weight is 396 g/mol. The molecule has 5 rings (SSSR count). The summed E-state index contributed by atoms with van der Waals surface area (Å²) in [5, 5.41) is 22.7. The van der Waals surface area contributed by atoms with Crippen molar-refractivity contribution in [2.24, 2.45) is 0 Å². The molecule has 154 valence electrons. The maximum atomic E-state index is 13.6. The molecule has 0 atom stereocenters. The molecule has 0 bridgehead atoms. The van der Waals surface area contributed by atoms with Gasteiger partial charge in [0.1, 0.15) is 5.58 Å². The van der Waals surface area contributed by atoms with Crippen LogP contribution in [-0.2, 0) is 0 Å². The largest absolute Gasteiger partial charge is 0.504 e. The average Bonchev–Trinajstić information content (AvgIpc) is 3.22. The van der Waals surface area contributed by atoms with Gasteiger partial charge in [-0.05, 0) is 37.8 Å². The number of aromatic nitrogens is 2. The number of imidazole rings is 1. The first-order valence-corrected chi connectivity index (χ1v) is 10.9. The minimum absolute atomic E-state index is 0.00589. The van der Waals surface area contributed by atoms with Crippen molar-refractivity contribution in [3.05, 3.63) is 34.7 Å². The summed E-state index contributed by atoms with van der Waals surface area (Å²) in [4.78, 5) is 13.6. The quantitative estimate of drug-likeness (QED) is 0.614. The van der Waals surface area contributed by atoms with E-state index in [0.29, 0.717) is 16.7 Å². The summed E-state index contributed by atoms with van der Waals surface area (Å²) in [6.07, 6.45) is 10.2. The number of para-hydroxylation sites is 1. The fourth-order valence-corrected chi connectivity index (χ4v) is 5.27. The highest BCUT2D eigenvalue weighted by Crippen LogP contribution is 2.45. The molecule has 2 heterocycles. The highest BCUT2D eigenvalue weighted by Gasteiger charge is 2.33. The molecule has 2 aliphatic carbocycles. The summed E-state index contributed by atoms with van der Waals surface area (Å²) in [5.41, 5.74) is 0.713. The van der Waals surface area contributed by atoms with Crippen LogP contribution in [0.15, 0.2) is 33.5 Å². The summed E-state index contributed by atoms with van der Waals surface area (Å²) >= 11 is 0. The monoisotopic (exact) mass is 396 g/mol. The topological polar surface area (TPSA) is 80.5 Å². The number of nitrogens with zero attached hydrogens (tertiary/aromatic N) is 2. The number of hydrogen-bond donors (Lipinski definition) is 2. The molecule has 0 amide bonds. The molecule has 0 saturated heterocycles. The van der Waals surface area contributed by atoms with E-state index in [0.717, 1.165) is 51.4 Å². The first-order valence-electron chi connectivity index (χ1n) is 10.9. The Hall–Kier alpha value is -2.63. The van der Waals surface area contributed by atoms with Crippen molar-refractivity contribution in [1.82, 2.24) is 9.13 Å². The Bertz CT molecular complexity index is 1080. The minimum Gasteiger partial charge on any atom is -0.504 e. The van der Waals surface area contributed by atoms with Crippen molar-refractivity contribution >= 4 is 11.0 Å². The third-order valence-corrected chi connectivity index (χ3v) is 6.76. The third-order valence-electron chi connectivity index (χ3n) is 6.76. The summed E-state index contributed by atoms with van der Waals surface area (Å²) in [5.74, 6) is 0.115. The molecule has 6 nitrogen and oxygen atoms in total. The van der Waals surface area contributed by atoms with Crippen LogP contribution in [0.2, 0.25) is 0 Å². The molecule has 0 spiro atoms. The van der Waals surface area contributed by atoms with Crippen molar-refractivity contribution < 1.29 is 14.6 Å². The molecule has 0 aliphatic heterocycles. The number of fused-ring (bicyclic) bond motifs is 1. The number of aromatic hydroxyl groups is 2. The predicted molar refractivity (Wildman–Crippen MR) is 111 cm³/mol. The van der Waals surface area contributed by atoms with E-state index in [2.05, 4.69) is 0 Å². The van der Waals surface area contributed by atoms with E-state index in [9.17, 15) is 15.0 Å². The zero-order valence-electron chi connectivity index (χ0n) is 16.6. The molecule has 3 aromatic rings. The Balaban J connectivity index is 1.74. The zero-order chi connectivity index (χ0) is 20.0. The second-order valence-corrected chi connectivity index (χ2v) is 8.55. The fraction of sp³-hybridized carbons (Fsp3) is 0.522. The molecule has 2 aromatic heterocycles. The lowest BCUT2D eigenvalue weighted by atomic mass is 9.95. The molecule has 29 heavy (non-hydrogen) atoms. The number of hydrogen-bond acceptors (Lipinski definition) is 4. The van der Waals surface area contributed by atoms with Crippen LogP contribution in [0.4, 0.5) is 0 Å². The molecule has 0 unspecified atom stereocenters. The highest BCUT2D eigenvalue weighted by molar-refractivity contribution is 5.91. The number of furan rings is 1. The van der Waals surface area contributed by atoms with E-state index >= 15 is 0 Å². The van der Waals surface area contributed by atoms with Gasteiger partial charge in [0.05, 0.1) is 5.39 Å². The molecule has 1 aromatic carbocycles. The van der Waals surface area contributed by atoms with Crippen LogP contribution in [0, 0.1) is 0 Å². The van der Waals surface area contributed by atoms with E-state index in [1.807, 2.05) is 12.1 Å². The molecule has 2 N–H and O–H groups in total. The van der Waals surface area contributed by atoms with Crippen LogP contribution in [0.5, 0.6) is 11.6 Å². The van der Waals surface area contributed by atoms with Crippen LogP contribution >= 0.6 is 0 Å². The Morgan fingerprint density at radius 1 is 0.828 bits per heavy atom. The normalized spacial score (nSPS) is 19.2. The van der Waals surface area contributed by atoms with Gasteiger partial charge in [-0.3, -0.25) is 9.13 Å². The van der Waals surface area contributed by atoms with Gasteiger partial charge >= 0.3 is 5.69 Å². The smallest absolute Gasteiger partial charge is 0.332 e. The van der Waals surface area contributed by atoms with Crippen LogP contribution in [0.1, 0.15) is 76.3 Å². The molecule has 2 fully saturated rings. The summed E-state index contributed by atoms with van der Waals surface area (Å²) in [6, 6.07) is 7.28. The van der Waals surface area contributed by atoms with Gasteiger partial charge in [-0.15, -0.1) is 0 Å². The lowest BCUT2D eigenvalue weighted by Crippen LogP contribution is -2.31. The van der Waals surface area contributed by atoms with E-state index in [1.165, 1.54) is 12.8 Å². The van der Waals surface area contributed by atoms with Gasteiger partial charge in [-0.25, -0.2) is 4.79 Å². The van der Waals surface area contributed by atoms with Crippen molar-refractivity contribution in [2.75, 3.05) is 0 Å². The van der Waals surface area contributed by atoms with Gasteiger partial charge in [-0.2, -0.15) is 0 Å². The maximum absolute atomic E-state index is 13.6. The van der Waals surface area contributed by atoms with Gasteiger partial charge in [0, 0.05) is 12.1 Å². The lowest BCUT2D eigenvalue weighted by molar-refractivity contribution is 0.300. The van der Waals surface area contributed by atoms with Crippen LogP contribution in [0.25, 0.3) is 22.4 Å². The Labute approximate surface area is 169 Å². The second-order valence-electron chi connectivity index (χ2n) is 8.55. The molecule has 2 aliphatic rings. The maximum Gasteiger partial charge on any atom is 0.332 e. The second kappa shape index (κ2) is 7.32. The predicted octanol–water partition coefficient (Wildman–Crippen LogP) is 5.48. The van der Waals surface area contributed by atoms with Crippen LogP contribution in [0.3, 0.4) is 0 Å². The van der Waals surface area contributed by atoms with Gasteiger partial charge in [-0.1, -0.05) is 50.7 Å².